The molecular weight excluding hydrogens is 436 g/mol. The summed E-state index contributed by atoms with van der Waals surface area (Å²) in [6.07, 6.45) is 0.843. The van der Waals surface area contributed by atoms with Crippen molar-refractivity contribution in [1.29, 1.82) is 0 Å². The molecular formula is C23H19ClN2O2S2. The van der Waals surface area contributed by atoms with E-state index in [1.165, 1.54) is 23.1 Å². The minimum absolute atomic E-state index is 0.00238. The highest BCUT2D eigenvalue weighted by molar-refractivity contribution is 7.99. The molecule has 7 heteroatoms. The molecule has 0 spiro atoms. The standard InChI is InChI=1S/C23H19ClN2O2S2/c1-3-18-12-19-21(30-18)25-23(26(22(19)28)17-10-8-16(24)9-11-17)29-13-20(27)15-6-4-14(2)5-7-15/h4-12H,3,13H2,1-2H3. The number of thioether (sulfide) groups is 1. The molecule has 152 valence electrons. The minimum atomic E-state index is -0.136. The molecule has 4 rings (SSSR count). The topological polar surface area (TPSA) is 52.0 Å². The number of carbonyl (C=O) groups is 1. The van der Waals surface area contributed by atoms with Crippen LogP contribution in [0.3, 0.4) is 0 Å². The van der Waals surface area contributed by atoms with E-state index in [4.69, 9.17) is 16.6 Å². The third-order valence-electron chi connectivity index (χ3n) is 4.72. The Morgan fingerprint density at radius 1 is 1.13 bits per heavy atom. The number of Topliss-reactive ketones (excluding diaryl/α,β-unsaturated/α-hetero) is 1. The van der Waals surface area contributed by atoms with Gasteiger partial charge in [-0.2, -0.15) is 0 Å². The summed E-state index contributed by atoms with van der Waals surface area (Å²) in [4.78, 5) is 32.5. The highest BCUT2D eigenvalue weighted by Crippen LogP contribution is 2.27. The van der Waals surface area contributed by atoms with Crippen molar-refractivity contribution >= 4 is 50.7 Å². The summed E-state index contributed by atoms with van der Waals surface area (Å²) in [6.45, 7) is 4.04. The molecule has 4 nitrogen and oxygen atoms in total. The van der Waals surface area contributed by atoms with Crippen LogP contribution in [0.2, 0.25) is 5.02 Å². The Bertz CT molecular complexity index is 1280. The second-order valence-corrected chi connectivity index (χ2v) is 9.37. The second-order valence-electron chi connectivity index (χ2n) is 6.87. The van der Waals surface area contributed by atoms with Crippen LogP contribution >= 0.6 is 34.7 Å². The quantitative estimate of drug-likeness (QED) is 0.205. The number of aromatic nitrogens is 2. The normalized spacial score (nSPS) is 11.2. The molecule has 2 aromatic carbocycles. The Labute approximate surface area is 187 Å². The summed E-state index contributed by atoms with van der Waals surface area (Å²) in [5, 5.41) is 1.69. The molecule has 0 amide bonds. The first kappa shape index (κ1) is 20.8. The number of nitrogens with zero attached hydrogens (tertiary/aromatic N) is 2. The minimum Gasteiger partial charge on any atom is -0.293 e. The average Bonchev–Trinajstić information content (AvgIpc) is 3.17. The molecule has 0 fully saturated rings. The number of carbonyl (C=O) groups excluding carboxylic acids is 1. The van der Waals surface area contributed by atoms with E-state index in [9.17, 15) is 9.59 Å². The molecule has 2 aromatic heterocycles. The summed E-state index contributed by atoms with van der Waals surface area (Å²) in [6, 6.07) is 16.5. The molecule has 2 heterocycles. The molecule has 0 saturated carbocycles. The van der Waals surface area contributed by atoms with E-state index in [-0.39, 0.29) is 17.1 Å². The van der Waals surface area contributed by atoms with Gasteiger partial charge in [0.15, 0.2) is 10.9 Å². The lowest BCUT2D eigenvalue weighted by atomic mass is 10.1. The van der Waals surface area contributed by atoms with E-state index in [2.05, 4.69) is 6.92 Å². The third kappa shape index (κ3) is 4.21. The van der Waals surface area contributed by atoms with Gasteiger partial charge in [-0.1, -0.05) is 60.1 Å². The Kier molecular flexibility index (Phi) is 6.09. The highest BCUT2D eigenvalue weighted by atomic mass is 35.5. The van der Waals surface area contributed by atoms with Crippen molar-refractivity contribution in [3.05, 3.63) is 86.0 Å². The average molecular weight is 455 g/mol. The Balaban J connectivity index is 1.75. The van der Waals surface area contributed by atoms with E-state index < -0.39 is 0 Å². The van der Waals surface area contributed by atoms with Gasteiger partial charge in [0.05, 0.1) is 16.8 Å². The first-order valence-electron chi connectivity index (χ1n) is 9.50. The van der Waals surface area contributed by atoms with Gasteiger partial charge >= 0.3 is 0 Å². The summed E-state index contributed by atoms with van der Waals surface area (Å²) in [5.74, 6) is 0.193. The number of hydrogen-bond acceptors (Lipinski definition) is 5. The molecule has 30 heavy (non-hydrogen) atoms. The zero-order valence-corrected chi connectivity index (χ0v) is 18.9. The largest absolute Gasteiger partial charge is 0.293 e. The van der Waals surface area contributed by atoms with E-state index in [0.29, 0.717) is 31.6 Å². The van der Waals surface area contributed by atoms with Gasteiger partial charge in [-0.25, -0.2) is 4.98 Å². The molecule has 0 bridgehead atoms. The molecule has 0 aliphatic heterocycles. The van der Waals surface area contributed by atoms with Gasteiger partial charge in [-0.3, -0.25) is 14.2 Å². The van der Waals surface area contributed by atoms with Crippen LogP contribution in [0, 0.1) is 6.92 Å². The fraction of sp³-hybridized carbons (Fsp3) is 0.174. The lowest BCUT2D eigenvalue weighted by Gasteiger charge is -2.12. The van der Waals surface area contributed by atoms with Crippen molar-refractivity contribution in [2.75, 3.05) is 5.75 Å². The van der Waals surface area contributed by atoms with E-state index >= 15 is 0 Å². The van der Waals surface area contributed by atoms with Crippen LogP contribution in [-0.4, -0.2) is 21.1 Å². The van der Waals surface area contributed by atoms with Gasteiger partial charge in [0, 0.05) is 15.5 Å². The molecule has 0 unspecified atom stereocenters. The van der Waals surface area contributed by atoms with Crippen molar-refractivity contribution in [3.8, 4) is 5.69 Å². The maximum atomic E-state index is 13.3. The van der Waals surface area contributed by atoms with Crippen LogP contribution in [0.4, 0.5) is 0 Å². The fourth-order valence-corrected chi connectivity index (χ4v) is 5.10. The maximum Gasteiger partial charge on any atom is 0.267 e. The van der Waals surface area contributed by atoms with Gasteiger partial charge in [0.2, 0.25) is 0 Å². The van der Waals surface area contributed by atoms with Gasteiger partial charge in [0.1, 0.15) is 4.83 Å². The summed E-state index contributed by atoms with van der Waals surface area (Å²) in [7, 11) is 0. The Morgan fingerprint density at radius 2 is 1.83 bits per heavy atom. The molecule has 0 N–H and O–H groups in total. The predicted octanol–water partition coefficient (Wildman–Crippen LogP) is 5.95. The smallest absolute Gasteiger partial charge is 0.267 e. The molecule has 0 aliphatic rings. The van der Waals surface area contributed by atoms with E-state index in [1.54, 1.807) is 28.8 Å². The number of hydrogen-bond donors (Lipinski definition) is 0. The zero-order chi connectivity index (χ0) is 21.3. The number of halogens is 1. The van der Waals surface area contributed by atoms with Crippen LogP contribution in [0.5, 0.6) is 0 Å². The number of aryl methyl sites for hydroxylation is 2. The molecule has 4 aromatic rings. The zero-order valence-electron chi connectivity index (χ0n) is 16.5. The number of rotatable bonds is 6. The van der Waals surface area contributed by atoms with Crippen molar-refractivity contribution in [1.82, 2.24) is 9.55 Å². The predicted molar refractivity (Wildman–Crippen MR) is 126 cm³/mol. The van der Waals surface area contributed by atoms with Crippen LogP contribution in [0.15, 0.2) is 64.5 Å². The van der Waals surface area contributed by atoms with Crippen molar-refractivity contribution in [2.45, 2.75) is 25.4 Å². The van der Waals surface area contributed by atoms with Gasteiger partial charge in [0.25, 0.3) is 5.56 Å². The number of benzene rings is 2. The first-order chi connectivity index (χ1) is 14.5. The highest BCUT2D eigenvalue weighted by Gasteiger charge is 2.17. The first-order valence-corrected chi connectivity index (χ1v) is 11.7. The second kappa shape index (κ2) is 8.76. The maximum absolute atomic E-state index is 13.3. The lowest BCUT2D eigenvalue weighted by molar-refractivity contribution is 0.102. The third-order valence-corrected chi connectivity index (χ3v) is 7.09. The number of thiophene rings is 1. The van der Waals surface area contributed by atoms with Crippen molar-refractivity contribution < 1.29 is 4.79 Å². The molecule has 0 radical (unpaired) electrons. The van der Waals surface area contributed by atoms with Crippen LogP contribution < -0.4 is 5.56 Å². The van der Waals surface area contributed by atoms with Crippen molar-refractivity contribution in [2.24, 2.45) is 0 Å². The van der Waals surface area contributed by atoms with Crippen molar-refractivity contribution in [3.63, 3.8) is 0 Å². The van der Waals surface area contributed by atoms with Crippen LogP contribution in [0.25, 0.3) is 15.9 Å². The summed E-state index contributed by atoms with van der Waals surface area (Å²) in [5.41, 5.74) is 2.29. The van der Waals surface area contributed by atoms with Crippen LogP contribution in [-0.2, 0) is 6.42 Å². The number of fused-ring (bicyclic) bond motifs is 1. The monoisotopic (exact) mass is 454 g/mol. The van der Waals surface area contributed by atoms with Crippen LogP contribution in [0.1, 0.15) is 27.7 Å². The summed E-state index contributed by atoms with van der Waals surface area (Å²) >= 11 is 8.82. The van der Waals surface area contributed by atoms with E-state index in [1.807, 2.05) is 37.3 Å². The Hall–Kier alpha value is -2.41. The Morgan fingerprint density at radius 3 is 2.50 bits per heavy atom. The number of ketones is 1. The van der Waals surface area contributed by atoms with Gasteiger partial charge in [-0.15, -0.1) is 11.3 Å². The fourth-order valence-electron chi connectivity index (χ4n) is 3.05. The summed E-state index contributed by atoms with van der Waals surface area (Å²) < 4.78 is 1.57. The lowest BCUT2D eigenvalue weighted by Crippen LogP contribution is -2.21. The molecule has 0 saturated heterocycles. The van der Waals surface area contributed by atoms with Gasteiger partial charge in [-0.05, 0) is 43.7 Å². The SMILES string of the molecule is CCc1cc2c(=O)n(-c3ccc(Cl)cc3)c(SCC(=O)c3ccc(C)cc3)nc2s1. The van der Waals surface area contributed by atoms with E-state index in [0.717, 1.165) is 16.9 Å². The molecule has 0 atom stereocenters. The van der Waals surface area contributed by atoms with Gasteiger partial charge < -0.3 is 0 Å². The molecule has 0 aliphatic carbocycles.